The first-order valence-corrected chi connectivity index (χ1v) is 7.01. The van der Waals surface area contributed by atoms with Gasteiger partial charge >= 0.3 is 0 Å². The van der Waals surface area contributed by atoms with Gasteiger partial charge in [-0.25, -0.2) is 4.39 Å². The van der Waals surface area contributed by atoms with Crippen molar-refractivity contribution >= 4 is 10.9 Å². The third-order valence-electron chi connectivity index (χ3n) is 4.03. The highest BCUT2D eigenvalue weighted by Crippen LogP contribution is 2.27. The molecular weight excluding hydrogens is 239 g/mol. The van der Waals surface area contributed by atoms with Gasteiger partial charge in [0.15, 0.2) is 0 Å². The van der Waals surface area contributed by atoms with Crippen molar-refractivity contribution in [2.75, 3.05) is 26.3 Å². The monoisotopic (exact) mass is 258 g/mol. The first kappa shape index (κ1) is 12.5. The lowest BCUT2D eigenvalue weighted by atomic mass is 9.92. The Morgan fingerprint density at radius 3 is 2.68 bits per heavy atom. The number of hydrogen-bond acceptors (Lipinski definition) is 2. The second-order valence-electron chi connectivity index (χ2n) is 5.23. The quantitative estimate of drug-likeness (QED) is 0.839. The third kappa shape index (κ3) is 2.76. The minimum atomic E-state index is -0.237. The predicted octanol–water partition coefficient (Wildman–Crippen LogP) is 3.38. The molecule has 3 heteroatoms. The SMILES string of the molecule is FCCN1CCC(c2ccc3ccccc3n2)CC1. The highest BCUT2D eigenvalue weighted by molar-refractivity contribution is 5.78. The van der Waals surface area contributed by atoms with Crippen molar-refractivity contribution < 1.29 is 4.39 Å². The summed E-state index contributed by atoms with van der Waals surface area (Å²) in [5, 5.41) is 1.20. The smallest absolute Gasteiger partial charge is 0.102 e. The van der Waals surface area contributed by atoms with Gasteiger partial charge in [-0.05, 0) is 38.1 Å². The lowest BCUT2D eigenvalue weighted by Gasteiger charge is -2.30. The number of benzene rings is 1. The Morgan fingerprint density at radius 2 is 1.89 bits per heavy atom. The van der Waals surface area contributed by atoms with Gasteiger partial charge in [0.05, 0.1) is 5.52 Å². The van der Waals surface area contributed by atoms with Gasteiger partial charge in [-0.2, -0.15) is 0 Å². The topological polar surface area (TPSA) is 16.1 Å². The molecule has 1 aromatic heterocycles. The second-order valence-corrected chi connectivity index (χ2v) is 5.23. The first-order chi connectivity index (χ1) is 9.36. The normalized spacial score (nSPS) is 17.9. The molecule has 2 aromatic rings. The molecule has 0 atom stereocenters. The summed E-state index contributed by atoms with van der Waals surface area (Å²) in [6.45, 7) is 2.32. The molecule has 0 aliphatic carbocycles. The molecular formula is C16H19FN2. The molecule has 0 radical (unpaired) electrons. The molecule has 100 valence electrons. The molecule has 3 rings (SSSR count). The summed E-state index contributed by atoms with van der Waals surface area (Å²) < 4.78 is 12.3. The largest absolute Gasteiger partial charge is 0.301 e. The van der Waals surface area contributed by atoms with Crippen molar-refractivity contribution in [1.82, 2.24) is 9.88 Å². The fourth-order valence-electron chi connectivity index (χ4n) is 2.88. The molecule has 0 spiro atoms. The number of pyridine rings is 1. The fourth-order valence-corrected chi connectivity index (χ4v) is 2.88. The average Bonchev–Trinajstić information content (AvgIpc) is 2.48. The van der Waals surface area contributed by atoms with Gasteiger partial charge in [0.2, 0.25) is 0 Å². The number of fused-ring (bicyclic) bond motifs is 1. The van der Waals surface area contributed by atoms with Crippen LogP contribution in [0.4, 0.5) is 4.39 Å². The van der Waals surface area contributed by atoms with Crippen LogP contribution in [0.15, 0.2) is 36.4 Å². The third-order valence-corrected chi connectivity index (χ3v) is 4.03. The molecule has 1 aliphatic heterocycles. The second kappa shape index (κ2) is 5.66. The van der Waals surface area contributed by atoms with Crippen molar-refractivity contribution in [3.8, 4) is 0 Å². The number of nitrogens with zero attached hydrogens (tertiary/aromatic N) is 2. The van der Waals surface area contributed by atoms with Crippen LogP contribution in [0.25, 0.3) is 10.9 Å². The number of hydrogen-bond donors (Lipinski definition) is 0. The minimum Gasteiger partial charge on any atom is -0.301 e. The van der Waals surface area contributed by atoms with Crippen molar-refractivity contribution in [2.45, 2.75) is 18.8 Å². The van der Waals surface area contributed by atoms with Crippen LogP contribution in [0, 0.1) is 0 Å². The maximum absolute atomic E-state index is 12.3. The number of para-hydroxylation sites is 1. The van der Waals surface area contributed by atoms with E-state index in [0.29, 0.717) is 12.5 Å². The van der Waals surface area contributed by atoms with E-state index < -0.39 is 0 Å². The van der Waals surface area contributed by atoms with Gasteiger partial charge in [-0.1, -0.05) is 24.3 Å². The van der Waals surface area contributed by atoms with Crippen LogP contribution in [0.3, 0.4) is 0 Å². The van der Waals surface area contributed by atoms with E-state index in [1.165, 1.54) is 11.1 Å². The van der Waals surface area contributed by atoms with Crippen molar-refractivity contribution in [1.29, 1.82) is 0 Å². The van der Waals surface area contributed by atoms with Crippen molar-refractivity contribution in [3.05, 3.63) is 42.1 Å². The van der Waals surface area contributed by atoms with Crippen LogP contribution in [-0.4, -0.2) is 36.2 Å². The summed E-state index contributed by atoms with van der Waals surface area (Å²) in [5.74, 6) is 0.528. The van der Waals surface area contributed by atoms with E-state index in [1.54, 1.807) is 0 Å². The Bertz CT molecular complexity index is 547. The Morgan fingerprint density at radius 1 is 1.11 bits per heavy atom. The Hall–Kier alpha value is -1.48. The summed E-state index contributed by atoms with van der Waals surface area (Å²) >= 11 is 0. The van der Waals surface area contributed by atoms with Gasteiger partial charge < -0.3 is 4.90 Å². The van der Waals surface area contributed by atoms with Gasteiger partial charge in [0, 0.05) is 23.5 Å². The molecule has 19 heavy (non-hydrogen) atoms. The summed E-state index contributed by atoms with van der Waals surface area (Å²) in [6, 6.07) is 12.5. The molecule has 2 nitrogen and oxygen atoms in total. The summed E-state index contributed by atoms with van der Waals surface area (Å²) in [6.07, 6.45) is 2.18. The molecule has 1 aromatic carbocycles. The zero-order valence-electron chi connectivity index (χ0n) is 11.1. The van der Waals surface area contributed by atoms with Gasteiger partial charge in [0.1, 0.15) is 6.67 Å². The zero-order valence-corrected chi connectivity index (χ0v) is 11.1. The summed E-state index contributed by atoms with van der Waals surface area (Å²) in [4.78, 5) is 6.98. The highest BCUT2D eigenvalue weighted by Gasteiger charge is 2.21. The van der Waals surface area contributed by atoms with Crippen LogP contribution < -0.4 is 0 Å². The number of rotatable bonds is 3. The molecule has 1 aliphatic rings. The molecule has 0 saturated carbocycles. The lowest BCUT2D eigenvalue weighted by Crippen LogP contribution is -2.34. The van der Waals surface area contributed by atoms with E-state index in [2.05, 4.69) is 29.2 Å². The van der Waals surface area contributed by atoms with E-state index in [0.717, 1.165) is 31.4 Å². The van der Waals surface area contributed by atoms with E-state index in [1.807, 2.05) is 12.1 Å². The van der Waals surface area contributed by atoms with Crippen LogP contribution >= 0.6 is 0 Å². The standard InChI is InChI=1S/C16H19FN2/c17-9-12-19-10-7-14(8-11-19)16-6-5-13-3-1-2-4-15(13)18-16/h1-6,14H,7-12H2. The average molecular weight is 258 g/mol. The van der Waals surface area contributed by atoms with Crippen molar-refractivity contribution in [2.24, 2.45) is 0 Å². The van der Waals surface area contributed by atoms with Gasteiger partial charge in [-0.3, -0.25) is 4.98 Å². The number of piperidine rings is 1. The summed E-state index contributed by atoms with van der Waals surface area (Å²) in [5.41, 5.74) is 2.27. The van der Waals surface area contributed by atoms with E-state index >= 15 is 0 Å². The molecule has 1 fully saturated rings. The zero-order chi connectivity index (χ0) is 13.1. The van der Waals surface area contributed by atoms with Crippen molar-refractivity contribution in [3.63, 3.8) is 0 Å². The molecule has 2 heterocycles. The fraction of sp³-hybridized carbons (Fsp3) is 0.438. The number of alkyl halides is 1. The molecule has 0 amide bonds. The highest BCUT2D eigenvalue weighted by atomic mass is 19.1. The predicted molar refractivity (Wildman–Crippen MR) is 76.1 cm³/mol. The maximum atomic E-state index is 12.3. The van der Waals surface area contributed by atoms with E-state index in [9.17, 15) is 4.39 Å². The van der Waals surface area contributed by atoms with E-state index in [4.69, 9.17) is 4.98 Å². The number of halogens is 1. The van der Waals surface area contributed by atoms with Crippen LogP contribution in [0.2, 0.25) is 0 Å². The van der Waals surface area contributed by atoms with Crippen LogP contribution in [-0.2, 0) is 0 Å². The first-order valence-electron chi connectivity index (χ1n) is 7.01. The Labute approximate surface area is 113 Å². The van der Waals surface area contributed by atoms with Crippen LogP contribution in [0.1, 0.15) is 24.5 Å². The summed E-state index contributed by atoms with van der Waals surface area (Å²) in [7, 11) is 0. The molecule has 1 saturated heterocycles. The van der Waals surface area contributed by atoms with Crippen LogP contribution in [0.5, 0.6) is 0 Å². The molecule has 0 unspecified atom stereocenters. The molecule has 0 bridgehead atoms. The number of aromatic nitrogens is 1. The van der Waals surface area contributed by atoms with E-state index in [-0.39, 0.29) is 6.67 Å². The Balaban J connectivity index is 1.74. The molecule has 0 N–H and O–H groups in total. The number of likely N-dealkylation sites (tertiary alicyclic amines) is 1. The van der Waals surface area contributed by atoms with Gasteiger partial charge in [-0.15, -0.1) is 0 Å². The maximum Gasteiger partial charge on any atom is 0.102 e. The lowest BCUT2D eigenvalue weighted by molar-refractivity contribution is 0.196. The minimum absolute atomic E-state index is 0.237. The Kier molecular flexibility index (Phi) is 3.74. The van der Waals surface area contributed by atoms with Gasteiger partial charge in [0.25, 0.3) is 0 Å².